The second-order valence-corrected chi connectivity index (χ2v) is 20.7. The number of amides is 1. The normalized spacial score (nSPS) is 14.5. The Morgan fingerprint density at radius 2 is 0.938 bits per heavy atom. The molecule has 374 valence electrons. The maximum atomic E-state index is 12.9. The van der Waals surface area contributed by atoms with Crippen molar-refractivity contribution in [1.82, 2.24) is 5.32 Å². The Labute approximate surface area is 396 Å². The van der Waals surface area contributed by atoms with Crippen molar-refractivity contribution in [2.45, 2.75) is 244 Å². The molecule has 0 aromatic rings. The van der Waals surface area contributed by atoms with E-state index in [2.05, 4.69) is 67.8 Å². The molecule has 0 saturated carbocycles. The van der Waals surface area contributed by atoms with Crippen LogP contribution in [0.3, 0.4) is 0 Å². The number of hydrogen-bond acceptors (Lipinski definition) is 5. The molecule has 0 saturated heterocycles. The van der Waals surface area contributed by atoms with Crippen molar-refractivity contribution in [1.29, 1.82) is 0 Å². The number of likely N-dealkylation sites (N-methyl/N-ethyl adjacent to an activating group) is 1. The summed E-state index contributed by atoms with van der Waals surface area (Å²) in [6.07, 6.45) is 61.9. The minimum atomic E-state index is -4.35. The van der Waals surface area contributed by atoms with Crippen molar-refractivity contribution in [2.24, 2.45) is 0 Å². The highest BCUT2D eigenvalue weighted by Gasteiger charge is 2.27. The molecule has 0 aliphatic rings. The van der Waals surface area contributed by atoms with Crippen LogP contribution < -0.4 is 5.32 Å². The molecule has 0 radical (unpaired) electrons. The fourth-order valence-corrected chi connectivity index (χ4v) is 8.20. The van der Waals surface area contributed by atoms with E-state index in [-0.39, 0.29) is 19.1 Å². The Hall–Kier alpha value is -1.80. The molecule has 0 fully saturated rings. The summed E-state index contributed by atoms with van der Waals surface area (Å²) in [4.78, 5) is 23.2. The lowest BCUT2D eigenvalue weighted by Crippen LogP contribution is -2.45. The van der Waals surface area contributed by atoms with Crippen LogP contribution in [0.4, 0.5) is 0 Å². The van der Waals surface area contributed by atoms with E-state index in [9.17, 15) is 19.4 Å². The predicted molar refractivity (Wildman–Crippen MR) is 277 cm³/mol. The molecule has 0 heterocycles. The number of carbonyl (C=O) groups is 1. The van der Waals surface area contributed by atoms with E-state index in [0.29, 0.717) is 17.4 Å². The van der Waals surface area contributed by atoms with Gasteiger partial charge in [-0.2, -0.15) is 0 Å². The van der Waals surface area contributed by atoms with E-state index in [1.807, 2.05) is 27.2 Å². The third kappa shape index (κ3) is 48.1. The average molecular weight is 920 g/mol. The molecule has 9 heteroatoms. The number of aliphatic hydroxyl groups excluding tert-OH is 1. The number of rotatable bonds is 48. The summed E-state index contributed by atoms with van der Waals surface area (Å²) in [5, 5.41) is 13.8. The van der Waals surface area contributed by atoms with Crippen molar-refractivity contribution < 1.29 is 32.9 Å². The van der Waals surface area contributed by atoms with E-state index >= 15 is 0 Å². The van der Waals surface area contributed by atoms with E-state index in [4.69, 9.17) is 9.05 Å². The zero-order chi connectivity index (χ0) is 47.1. The first-order chi connectivity index (χ1) is 31.0. The van der Waals surface area contributed by atoms with Gasteiger partial charge in [-0.05, 0) is 70.6 Å². The lowest BCUT2D eigenvalue weighted by molar-refractivity contribution is -0.870. The SMILES string of the molecule is CCC/C=C/CC/C=C/CC/C=C/C(O)C(COP(=O)(O)OCC[N+](C)(C)C)NC(=O)CCCCCCCCCCCCCCCCCCCCC/C=C\C/C=C\CCCCCCC. The lowest BCUT2D eigenvalue weighted by atomic mass is 10.0. The van der Waals surface area contributed by atoms with Crippen LogP contribution in [0.5, 0.6) is 0 Å². The van der Waals surface area contributed by atoms with E-state index in [1.165, 1.54) is 154 Å². The third-order valence-corrected chi connectivity index (χ3v) is 12.7. The van der Waals surface area contributed by atoms with Gasteiger partial charge in [0.15, 0.2) is 0 Å². The van der Waals surface area contributed by atoms with Gasteiger partial charge in [-0.3, -0.25) is 13.8 Å². The van der Waals surface area contributed by atoms with Crippen LogP contribution in [0.1, 0.15) is 232 Å². The Balaban J connectivity index is 4.04. The average Bonchev–Trinajstić information content (AvgIpc) is 3.25. The van der Waals surface area contributed by atoms with E-state index in [1.54, 1.807) is 6.08 Å². The Morgan fingerprint density at radius 3 is 1.39 bits per heavy atom. The molecular weight excluding hydrogens is 816 g/mol. The van der Waals surface area contributed by atoms with Gasteiger partial charge in [0.1, 0.15) is 13.2 Å². The zero-order valence-electron chi connectivity index (χ0n) is 42.5. The van der Waals surface area contributed by atoms with E-state index < -0.39 is 20.0 Å². The summed E-state index contributed by atoms with van der Waals surface area (Å²) in [7, 11) is 1.54. The van der Waals surface area contributed by atoms with Crippen molar-refractivity contribution in [3.8, 4) is 0 Å². The first-order valence-electron chi connectivity index (χ1n) is 26.7. The summed E-state index contributed by atoms with van der Waals surface area (Å²) in [5.41, 5.74) is 0. The maximum Gasteiger partial charge on any atom is 0.472 e. The number of nitrogens with one attached hydrogen (secondary N) is 1. The highest BCUT2D eigenvalue weighted by Crippen LogP contribution is 2.43. The van der Waals surface area contributed by atoms with Crippen molar-refractivity contribution in [2.75, 3.05) is 40.9 Å². The molecule has 1 amide bonds. The molecule has 8 nitrogen and oxygen atoms in total. The largest absolute Gasteiger partial charge is 0.472 e. The Kier molecular flexibility index (Phi) is 45.0. The number of phosphoric ester groups is 1. The second kappa shape index (κ2) is 46.3. The predicted octanol–water partition coefficient (Wildman–Crippen LogP) is 15.8. The maximum absolute atomic E-state index is 12.9. The molecule has 0 aromatic heterocycles. The van der Waals surface area contributed by atoms with Gasteiger partial charge < -0.3 is 19.8 Å². The number of carbonyl (C=O) groups excluding carboxylic acids is 1. The minimum absolute atomic E-state index is 0.0526. The number of phosphoric acid groups is 1. The number of nitrogens with zero attached hydrogens (tertiary/aromatic N) is 1. The molecule has 0 rings (SSSR count). The van der Waals surface area contributed by atoms with Gasteiger partial charge in [-0.1, -0.05) is 216 Å². The molecule has 0 bridgehead atoms. The van der Waals surface area contributed by atoms with Gasteiger partial charge in [0.2, 0.25) is 5.91 Å². The monoisotopic (exact) mass is 920 g/mol. The molecule has 0 aliphatic carbocycles. The number of unbranched alkanes of at least 4 members (excludes halogenated alkanes) is 27. The lowest BCUT2D eigenvalue weighted by Gasteiger charge is -2.25. The Morgan fingerprint density at radius 1 is 0.531 bits per heavy atom. The second-order valence-electron chi connectivity index (χ2n) is 19.2. The fourth-order valence-electron chi connectivity index (χ4n) is 7.46. The number of allylic oxidation sites excluding steroid dienone is 9. The molecule has 0 aromatic carbocycles. The van der Waals surface area contributed by atoms with Gasteiger partial charge in [-0.25, -0.2) is 4.57 Å². The summed E-state index contributed by atoms with van der Waals surface area (Å²) < 4.78 is 23.6. The Bertz CT molecular complexity index is 1230. The standard InChI is InChI=1S/C55H103N2O6P/c1-6-8-10-12-14-16-18-19-20-21-22-23-24-25-26-27-28-29-30-31-32-33-34-35-36-37-39-41-43-45-47-49-55(59)56-53(52-63-64(60,61)62-51-50-57(3,4)5)54(58)48-46-44-42-40-38-17-15-13-11-9-7-2/h11,13,18-19,21-22,38,40,46,48,53-54,58H,6-10,12,14-17,20,23-37,39,41-45,47,49-52H2,1-5H3,(H-,56,59,60,61)/p+1/b13-11+,19-18-,22-21-,40-38+,48-46+. The van der Waals surface area contributed by atoms with Crippen LogP contribution in [-0.2, 0) is 18.4 Å². The van der Waals surface area contributed by atoms with Crippen molar-refractivity contribution in [3.05, 3.63) is 60.8 Å². The molecule has 3 N–H and O–H groups in total. The van der Waals surface area contributed by atoms with Crippen molar-refractivity contribution >= 4 is 13.7 Å². The highest BCUT2D eigenvalue weighted by molar-refractivity contribution is 7.47. The molecule has 0 spiro atoms. The summed E-state index contributed by atoms with van der Waals surface area (Å²) >= 11 is 0. The van der Waals surface area contributed by atoms with Crippen LogP contribution >= 0.6 is 7.82 Å². The summed E-state index contributed by atoms with van der Waals surface area (Å²) in [6.45, 7) is 4.70. The minimum Gasteiger partial charge on any atom is -0.387 e. The highest BCUT2D eigenvalue weighted by atomic mass is 31.2. The van der Waals surface area contributed by atoms with Crippen LogP contribution in [0.2, 0.25) is 0 Å². The van der Waals surface area contributed by atoms with Crippen LogP contribution in [-0.4, -0.2) is 73.4 Å². The van der Waals surface area contributed by atoms with Gasteiger partial charge >= 0.3 is 7.82 Å². The third-order valence-electron chi connectivity index (χ3n) is 11.7. The number of quaternary nitrogens is 1. The van der Waals surface area contributed by atoms with Crippen molar-refractivity contribution in [3.63, 3.8) is 0 Å². The smallest absolute Gasteiger partial charge is 0.387 e. The van der Waals surface area contributed by atoms with Gasteiger partial charge in [0, 0.05) is 6.42 Å². The molecule has 64 heavy (non-hydrogen) atoms. The molecule has 3 unspecified atom stereocenters. The topological polar surface area (TPSA) is 105 Å². The van der Waals surface area contributed by atoms with Gasteiger partial charge in [0.25, 0.3) is 0 Å². The molecular formula is C55H104N2O6P+. The molecule has 3 atom stereocenters. The number of hydrogen-bond donors (Lipinski definition) is 3. The first-order valence-corrected chi connectivity index (χ1v) is 28.2. The summed E-state index contributed by atoms with van der Waals surface area (Å²) in [5.74, 6) is -0.192. The molecule has 0 aliphatic heterocycles. The van der Waals surface area contributed by atoms with Crippen LogP contribution in [0.15, 0.2) is 60.8 Å². The summed E-state index contributed by atoms with van der Waals surface area (Å²) in [6, 6.07) is -0.868. The van der Waals surface area contributed by atoms with E-state index in [0.717, 1.165) is 57.8 Å². The first kappa shape index (κ1) is 62.2. The quantitative estimate of drug-likeness (QED) is 0.0243. The van der Waals surface area contributed by atoms with Gasteiger partial charge in [-0.15, -0.1) is 0 Å². The van der Waals surface area contributed by atoms with Crippen LogP contribution in [0, 0.1) is 0 Å². The van der Waals surface area contributed by atoms with Crippen LogP contribution in [0.25, 0.3) is 0 Å². The fraction of sp³-hybridized carbons (Fsp3) is 0.800. The number of aliphatic hydroxyl groups is 1. The zero-order valence-corrected chi connectivity index (χ0v) is 43.4. The van der Waals surface area contributed by atoms with Gasteiger partial charge in [0.05, 0.1) is 39.9 Å².